The van der Waals surface area contributed by atoms with Crippen molar-refractivity contribution in [3.63, 3.8) is 0 Å². The van der Waals surface area contributed by atoms with E-state index in [0.29, 0.717) is 5.54 Å². The zero-order chi connectivity index (χ0) is 41.8. The second-order valence-corrected chi connectivity index (χ2v) is 12.4. The van der Waals surface area contributed by atoms with Gasteiger partial charge in [-0.2, -0.15) is 0 Å². The minimum absolute atomic E-state index is 0.637. The van der Waals surface area contributed by atoms with Crippen LogP contribution in [0.25, 0.3) is 0 Å². The molecular weight excluding hydrogens is 801 g/mol. The van der Waals surface area contributed by atoms with E-state index in [1.54, 1.807) is 0 Å². The van der Waals surface area contributed by atoms with Gasteiger partial charge >= 0.3 is 0 Å². The molecule has 0 saturated heterocycles. The van der Waals surface area contributed by atoms with E-state index in [1.807, 2.05) is 0 Å². The molecule has 0 heterocycles. The van der Waals surface area contributed by atoms with Crippen molar-refractivity contribution in [3.8, 4) is 0 Å². The lowest BCUT2D eigenvalue weighted by Crippen LogP contribution is -2.93. The summed E-state index contributed by atoms with van der Waals surface area (Å²) in [5.41, 5.74) is -13.7. The summed E-state index contributed by atoms with van der Waals surface area (Å²) in [6.45, 7) is 2.32. The number of halogens is 20. The van der Waals surface area contributed by atoms with Crippen LogP contribution in [-0.2, 0) is 0 Å². The monoisotopic (exact) mass is 821 g/mol. The standard InChI is InChI=1S/C24BF20.C9H19N/c26-5-1(6(27)14(35)21(42)13(5)34)25(2-7(28)15(36)22(43)16(37)8(2)29,3-9(30)17(38)23(44)18(39)10(3)31)4-11(32)19(40)24(45)20(41)12(4)33;1-3-9(10-2)7-5-4-6-8-9/h;10H,3-8H2,1-2H3/q-1;/p+1. The molecule has 1 nitrogen and oxygen atoms in total. The van der Waals surface area contributed by atoms with Crippen LogP contribution in [0.3, 0.4) is 0 Å². The number of rotatable bonds is 6. The number of hydrogen-bond donors (Lipinski definition) is 1. The van der Waals surface area contributed by atoms with Crippen molar-refractivity contribution < 1.29 is 93.1 Å². The first kappa shape index (κ1) is 43.2. The van der Waals surface area contributed by atoms with Crippen molar-refractivity contribution in [2.75, 3.05) is 7.05 Å². The van der Waals surface area contributed by atoms with E-state index in [4.69, 9.17) is 0 Å². The highest BCUT2D eigenvalue weighted by Crippen LogP contribution is 2.31. The summed E-state index contributed by atoms with van der Waals surface area (Å²) < 4.78 is 294. The van der Waals surface area contributed by atoms with Crippen molar-refractivity contribution in [1.29, 1.82) is 0 Å². The Morgan fingerprint density at radius 3 is 0.673 bits per heavy atom. The second kappa shape index (κ2) is 15.6. The summed E-state index contributed by atoms with van der Waals surface area (Å²) in [6.07, 6.45) is 1.40. The van der Waals surface area contributed by atoms with Crippen LogP contribution in [0.5, 0.6) is 0 Å². The van der Waals surface area contributed by atoms with Gasteiger partial charge in [0.2, 0.25) is 0 Å². The lowest BCUT2D eigenvalue weighted by atomic mass is 9.12. The Bertz CT molecular complexity index is 1790. The quantitative estimate of drug-likeness (QED) is 0.0924. The van der Waals surface area contributed by atoms with Crippen LogP contribution in [-0.4, -0.2) is 18.7 Å². The molecular formula is C33H20BF20N. The van der Waals surface area contributed by atoms with Gasteiger partial charge in [-0.15, -0.1) is 21.9 Å². The number of benzene rings is 4. The minimum Gasteiger partial charge on any atom is -0.344 e. The molecule has 1 saturated carbocycles. The maximum absolute atomic E-state index is 15.4. The van der Waals surface area contributed by atoms with Gasteiger partial charge in [-0.05, 0) is 19.3 Å². The van der Waals surface area contributed by atoms with Gasteiger partial charge in [-0.3, -0.25) is 0 Å². The zero-order valence-corrected chi connectivity index (χ0v) is 27.5. The Morgan fingerprint density at radius 1 is 0.345 bits per heavy atom. The van der Waals surface area contributed by atoms with E-state index in [-0.39, 0.29) is 0 Å². The van der Waals surface area contributed by atoms with E-state index in [0.717, 1.165) is 0 Å². The maximum Gasteiger partial charge on any atom is 0.200 e. The molecule has 0 spiro atoms. The van der Waals surface area contributed by atoms with Crippen molar-refractivity contribution in [1.82, 2.24) is 0 Å². The number of hydrogen-bond acceptors (Lipinski definition) is 0. The maximum atomic E-state index is 15.4. The molecule has 0 aliphatic heterocycles. The Balaban J connectivity index is 0.000000583. The van der Waals surface area contributed by atoms with E-state index < -0.39 is 144 Å². The molecule has 0 bridgehead atoms. The van der Waals surface area contributed by atoms with Gasteiger partial charge in [0, 0.05) is 12.8 Å². The van der Waals surface area contributed by atoms with Crippen LogP contribution in [0, 0.1) is 116 Å². The molecule has 5 rings (SSSR count). The van der Waals surface area contributed by atoms with Gasteiger partial charge in [0.1, 0.15) is 52.7 Å². The molecule has 1 fully saturated rings. The smallest absolute Gasteiger partial charge is 0.200 e. The number of quaternary nitrogens is 1. The molecule has 4 aromatic carbocycles. The van der Waals surface area contributed by atoms with Gasteiger partial charge in [0.15, 0.2) is 69.8 Å². The van der Waals surface area contributed by atoms with Crippen LogP contribution in [0.4, 0.5) is 87.8 Å². The average Bonchev–Trinajstić information content (AvgIpc) is 3.18. The molecule has 2 N–H and O–H groups in total. The zero-order valence-electron chi connectivity index (χ0n) is 27.5. The summed E-state index contributed by atoms with van der Waals surface area (Å²) in [5, 5.41) is 2.44. The van der Waals surface area contributed by atoms with Crippen LogP contribution >= 0.6 is 0 Å². The van der Waals surface area contributed by atoms with Crippen LogP contribution in [0.2, 0.25) is 0 Å². The van der Waals surface area contributed by atoms with Gasteiger partial charge in [-0.1, -0.05) is 13.3 Å². The Morgan fingerprint density at radius 2 is 0.527 bits per heavy atom. The molecule has 0 unspecified atom stereocenters. The van der Waals surface area contributed by atoms with E-state index in [1.165, 1.54) is 38.5 Å². The third-order valence-corrected chi connectivity index (χ3v) is 9.87. The summed E-state index contributed by atoms with van der Waals surface area (Å²) in [5.74, 6) is -71.4. The highest BCUT2D eigenvalue weighted by molar-refractivity contribution is 7.20. The SMILES string of the molecule is CCC1([NH2+]C)CCCCC1.Fc1c(F)c(F)c([B-](c2c(F)c(F)c(F)c(F)c2F)(c2c(F)c(F)c(F)c(F)c2F)c2c(F)c(F)c(F)c(F)c2F)c(F)c1F. The molecule has 55 heavy (non-hydrogen) atoms. The molecule has 1 aliphatic rings. The Kier molecular flexibility index (Phi) is 12.2. The summed E-state index contributed by atoms with van der Waals surface area (Å²) >= 11 is 0. The van der Waals surface area contributed by atoms with Crippen molar-refractivity contribution in [2.24, 2.45) is 0 Å². The molecule has 300 valence electrons. The average molecular weight is 821 g/mol. The fourth-order valence-electron chi connectivity index (χ4n) is 6.98. The lowest BCUT2D eigenvalue weighted by molar-refractivity contribution is -0.707. The van der Waals surface area contributed by atoms with Crippen LogP contribution in [0.15, 0.2) is 0 Å². The molecule has 22 heteroatoms. The highest BCUT2D eigenvalue weighted by atomic mass is 19.2. The van der Waals surface area contributed by atoms with Crippen LogP contribution < -0.4 is 27.2 Å². The molecule has 0 radical (unpaired) electrons. The molecule has 0 aromatic heterocycles. The minimum atomic E-state index is -7.22. The normalized spacial score (nSPS) is 14.3. The van der Waals surface area contributed by atoms with Crippen molar-refractivity contribution in [2.45, 2.75) is 51.0 Å². The third-order valence-electron chi connectivity index (χ3n) is 9.87. The van der Waals surface area contributed by atoms with Gasteiger partial charge in [-0.25, -0.2) is 87.8 Å². The fraction of sp³-hybridized carbons (Fsp3) is 0.273. The molecule has 0 amide bonds. The molecule has 4 aromatic rings. The van der Waals surface area contributed by atoms with Gasteiger partial charge in [0.25, 0.3) is 0 Å². The van der Waals surface area contributed by atoms with Gasteiger partial charge in [0.05, 0.1) is 12.6 Å². The highest BCUT2D eigenvalue weighted by Gasteiger charge is 2.52. The van der Waals surface area contributed by atoms with Crippen molar-refractivity contribution in [3.05, 3.63) is 116 Å². The first-order chi connectivity index (χ1) is 25.5. The third kappa shape index (κ3) is 6.46. The topological polar surface area (TPSA) is 16.6 Å². The summed E-state index contributed by atoms with van der Waals surface area (Å²) in [7, 11) is 2.23. The predicted octanol–water partition coefficient (Wildman–Crippen LogP) is 7.14. The lowest BCUT2D eigenvalue weighted by Gasteiger charge is -2.44. The summed E-state index contributed by atoms with van der Waals surface area (Å²) in [4.78, 5) is 0. The predicted molar refractivity (Wildman–Crippen MR) is 153 cm³/mol. The Hall–Kier alpha value is -4.50. The second-order valence-electron chi connectivity index (χ2n) is 12.4. The van der Waals surface area contributed by atoms with E-state index in [2.05, 4.69) is 19.3 Å². The van der Waals surface area contributed by atoms with Crippen molar-refractivity contribution >= 4 is 28.0 Å². The van der Waals surface area contributed by atoms with E-state index in [9.17, 15) is 52.7 Å². The summed E-state index contributed by atoms with van der Waals surface area (Å²) in [6, 6.07) is 0. The molecule has 0 atom stereocenters. The van der Waals surface area contributed by atoms with E-state index >= 15 is 35.1 Å². The molecule has 1 aliphatic carbocycles. The first-order valence-electron chi connectivity index (χ1n) is 15.6. The van der Waals surface area contributed by atoms with Gasteiger partial charge < -0.3 is 5.32 Å². The number of nitrogens with two attached hydrogens (primary N) is 1. The van der Waals surface area contributed by atoms with Crippen LogP contribution in [0.1, 0.15) is 45.4 Å². The first-order valence-corrected chi connectivity index (χ1v) is 15.6. The Labute approximate surface area is 295 Å². The fourth-order valence-corrected chi connectivity index (χ4v) is 6.98. The largest absolute Gasteiger partial charge is 0.344 e.